The number of hydrogen-bond acceptors (Lipinski definition) is 5. The summed E-state index contributed by atoms with van der Waals surface area (Å²) < 4.78 is 5.23. The molecule has 150 valence electrons. The number of nitriles is 2. The van der Waals surface area contributed by atoms with Crippen LogP contribution in [-0.2, 0) is 9.53 Å². The average Bonchev–Trinajstić information content (AvgIpc) is 2.66. The van der Waals surface area contributed by atoms with Crippen molar-refractivity contribution in [3.63, 3.8) is 0 Å². The van der Waals surface area contributed by atoms with E-state index in [1.165, 1.54) is 57.4 Å². The van der Waals surface area contributed by atoms with Crippen LogP contribution in [0, 0.1) is 22.7 Å². The molecule has 0 atom stereocenters. The third-order valence-electron chi connectivity index (χ3n) is 4.29. The van der Waals surface area contributed by atoms with Crippen molar-refractivity contribution in [3.8, 4) is 12.1 Å². The summed E-state index contributed by atoms with van der Waals surface area (Å²) >= 11 is 0. The van der Waals surface area contributed by atoms with E-state index in [9.17, 15) is 4.79 Å². The number of ether oxygens (including phenoxy) is 1. The molecule has 0 aliphatic rings. The summed E-state index contributed by atoms with van der Waals surface area (Å²) in [6.07, 6.45) is 17.8. The molecule has 0 spiro atoms. The fourth-order valence-corrected chi connectivity index (χ4v) is 2.59. The van der Waals surface area contributed by atoms with E-state index in [-0.39, 0.29) is 11.5 Å². The standard InChI is InChI=1S/C22H35N3O2/c1-3-4-5-6-7-8-9-10-11-12-15-22(26)27-18-17-25(2)16-13-14-21(19-23)20-24/h13-14,16H,3-12,15,17-18H2,1-2H3/b16-13+. The minimum absolute atomic E-state index is 0.0579. The first-order valence-corrected chi connectivity index (χ1v) is 10.2. The number of hydrogen-bond donors (Lipinski definition) is 0. The molecule has 5 nitrogen and oxygen atoms in total. The fraction of sp³-hybridized carbons (Fsp3) is 0.682. The zero-order valence-electron chi connectivity index (χ0n) is 17.1. The molecule has 0 aliphatic heterocycles. The molecule has 0 fully saturated rings. The predicted octanol–water partition coefficient (Wildman–Crippen LogP) is 5.26. The molecule has 0 rings (SSSR count). The number of carbonyl (C=O) groups excluding carboxylic acids is 1. The van der Waals surface area contributed by atoms with Gasteiger partial charge in [0.1, 0.15) is 24.3 Å². The van der Waals surface area contributed by atoms with Gasteiger partial charge in [0.05, 0.1) is 6.54 Å². The lowest BCUT2D eigenvalue weighted by Gasteiger charge is -2.13. The third-order valence-corrected chi connectivity index (χ3v) is 4.29. The third kappa shape index (κ3) is 16.9. The van der Waals surface area contributed by atoms with Crippen molar-refractivity contribution in [1.29, 1.82) is 10.5 Å². The molecule has 0 aromatic heterocycles. The molecule has 5 heteroatoms. The Labute approximate surface area is 165 Å². The SMILES string of the molecule is CCCCCCCCCCCCC(=O)OCCN(C)/C=C/C=C(C#N)C#N. The summed E-state index contributed by atoms with van der Waals surface area (Å²) in [6.45, 7) is 3.15. The second-order valence-electron chi connectivity index (χ2n) is 6.78. The van der Waals surface area contributed by atoms with Crippen LogP contribution in [-0.4, -0.2) is 31.1 Å². The van der Waals surface area contributed by atoms with Gasteiger partial charge in [0, 0.05) is 13.5 Å². The lowest BCUT2D eigenvalue weighted by atomic mass is 10.1. The van der Waals surface area contributed by atoms with Crippen molar-refractivity contribution in [2.24, 2.45) is 0 Å². The summed E-state index contributed by atoms with van der Waals surface area (Å²) in [7, 11) is 1.85. The first-order chi connectivity index (χ1) is 13.1. The molecule has 0 amide bonds. The highest BCUT2D eigenvalue weighted by atomic mass is 16.5. The number of rotatable bonds is 16. The Morgan fingerprint density at radius 3 is 2.07 bits per heavy atom. The van der Waals surface area contributed by atoms with Crippen LogP contribution in [0.3, 0.4) is 0 Å². The summed E-state index contributed by atoms with van der Waals surface area (Å²) in [5, 5.41) is 17.2. The smallest absolute Gasteiger partial charge is 0.305 e. The number of nitrogens with zero attached hydrogens (tertiary/aromatic N) is 3. The Bertz CT molecular complexity index is 511. The van der Waals surface area contributed by atoms with Crippen LogP contribution >= 0.6 is 0 Å². The van der Waals surface area contributed by atoms with E-state index in [0.29, 0.717) is 19.6 Å². The lowest BCUT2D eigenvalue weighted by Crippen LogP contribution is -2.19. The lowest BCUT2D eigenvalue weighted by molar-refractivity contribution is -0.144. The molecule has 0 saturated heterocycles. The van der Waals surface area contributed by atoms with Crippen molar-refractivity contribution in [1.82, 2.24) is 4.90 Å². The topological polar surface area (TPSA) is 77.1 Å². The Morgan fingerprint density at radius 2 is 1.52 bits per heavy atom. The maximum atomic E-state index is 11.7. The maximum absolute atomic E-state index is 11.7. The number of likely N-dealkylation sites (N-methyl/N-ethyl adjacent to an activating group) is 1. The van der Waals surface area contributed by atoms with Gasteiger partial charge in [-0.15, -0.1) is 0 Å². The van der Waals surface area contributed by atoms with Gasteiger partial charge in [0.2, 0.25) is 0 Å². The molecule has 0 unspecified atom stereocenters. The van der Waals surface area contributed by atoms with E-state index in [4.69, 9.17) is 15.3 Å². The molecule has 0 aliphatic carbocycles. The first kappa shape index (κ1) is 24.7. The van der Waals surface area contributed by atoms with E-state index in [2.05, 4.69) is 6.92 Å². The molecule has 0 N–H and O–H groups in total. The molecule has 0 saturated carbocycles. The summed E-state index contributed by atoms with van der Waals surface area (Å²) in [4.78, 5) is 13.5. The Hall–Kier alpha value is -2.27. The summed E-state index contributed by atoms with van der Waals surface area (Å²) in [6, 6.07) is 3.58. The second kappa shape index (κ2) is 18.5. The fourth-order valence-electron chi connectivity index (χ4n) is 2.59. The summed E-state index contributed by atoms with van der Waals surface area (Å²) in [5.74, 6) is -0.136. The van der Waals surface area contributed by atoms with Crippen LogP contribution in [0.5, 0.6) is 0 Å². The van der Waals surface area contributed by atoms with Gasteiger partial charge in [-0.2, -0.15) is 10.5 Å². The van der Waals surface area contributed by atoms with Crippen molar-refractivity contribution in [3.05, 3.63) is 23.9 Å². The van der Waals surface area contributed by atoms with E-state index in [0.717, 1.165) is 12.8 Å². The monoisotopic (exact) mass is 373 g/mol. The minimum Gasteiger partial charge on any atom is -0.464 e. The van der Waals surface area contributed by atoms with E-state index < -0.39 is 0 Å². The van der Waals surface area contributed by atoms with Crippen LogP contribution < -0.4 is 0 Å². The van der Waals surface area contributed by atoms with Gasteiger partial charge < -0.3 is 9.64 Å². The van der Waals surface area contributed by atoms with Crippen molar-refractivity contribution >= 4 is 5.97 Å². The molecular formula is C22H35N3O2. The van der Waals surface area contributed by atoms with Crippen molar-refractivity contribution < 1.29 is 9.53 Å². The number of carbonyl (C=O) groups is 1. The molecule has 0 bridgehead atoms. The minimum atomic E-state index is -0.136. The molecule has 27 heavy (non-hydrogen) atoms. The van der Waals surface area contributed by atoms with Crippen LogP contribution in [0.1, 0.15) is 77.6 Å². The number of allylic oxidation sites excluding steroid dienone is 3. The van der Waals surface area contributed by atoms with Gasteiger partial charge in [0.15, 0.2) is 0 Å². The van der Waals surface area contributed by atoms with Crippen LogP contribution in [0.15, 0.2) is 23.9 Å². The molecule has 0 aromatic rings. The Kier molecular flexibility index (Phi) is 17.0. The maximum Gasteiger partial charge on any atom is 0.305 e. The quantitative estimate of drug-likeness (QED) is 0.160. The zero-order chi connectivity index (χ0) is 20.2. The summed E-state index contributed by atoms with van der Waals surface area (Å²) in [5.41, 5.74) is 0.0579. The first-order valence-electron chi connectivity index (χ1n) is 10.2. The van der Waals surface area contributed by atoms with Gasteiger partial charge in [-0.1, -0.05) is 64.7 Å². The zero-order valence-corrected chi connectivity index (χ0v) is 17.1. The van der Waals surface area contributed by atoms with Gasteiger partial charge in [-0.3, -0.25) is 4.79 Å². The van der Waals surface area contributed by atoms with E-state index >= 15 is 0 Å². The van der Waals surface area contributed by atoms with Crippen molar-refractivity contribution in [2.45, 2.75) is 77.6 Å². The normalized spacial score (nSPS) is 10.2. The van der Waals surface area contributed by atoms with Crippen molar-refractivity contribution in [2.75, 3.05) is 20.2 Å². The van der Waals surface area contributed by atoms with Crippen LogP contribution in [0.4, 0.5) is 0 Å². The Morgan fingerprint density at radius 1 is 0.963 bits per heavy atom. The number of unbranched alkanes of at least 4 members (excludes halogenated alkanes) is 9. The van der Waals surface area contributed by atoms with Gasteiger partial charge in [-0.05, 0) is 24.8 Å². The molecule has 0 aromatic carbocycles. The van der Waals surface area contributed by atoms with E-state index in [1.54, 1.807) is 24.4 Å². The highest BCUT2D eigenvalue weighted by molar-refractivity contribution is 5.69. The van der Waals surface area contributed by atoms with Crippen LogP contribution in [0.25, 0.3) is 0 Å². The predicted molar refractivity (Wildman–Crippen MR) is 108 cm³/mol. The molecule has 0 heterocycles. The average molecular weight is 374 g/mol. The van der Waals surface area contributed by atoms with Crippen LogP contribution in [0.2, 0.25) is 0 Å². The second-order valence-corrected chi connectivity index (χ2v) is 6.78. The van der Waals surface area contributed by atoms with Gasteiger partial charge in [0.25, 0.3) is 0 Å². The van der Waals surface area contributed by atoms with Gasteiger partial charge >= 0.3 is 5.97 Å². The molecular weight excluding hydrogens is 338 g/mol. The van der Waals surface area contributed by atoms with Gasteiger partial charge in [-0.25, -0.2) is 0 Å². The highest BCUT2D eigenvalue weighted by Crippen LogP contribution is 2.11. The highest BCUT2D eigenvalue weighted by Gasteiger charge is 2.03. The Balaban J connectivity index is 3.56. The number of esters is 1. The molecule has 0 radical (unpaired) electrons. The van der Waals surface area contributed by atoms with E-state index in [1.807, 2.05) is 11.9 Å². The largest absolute Gasteiger partial charge is 0.464 e.